The summed E-state index contributed by atoms with van der Waals surface area (Å²) in [7, 11) is 0. The van der Waals surface area contributed by atoms with Crippen LogP contribution in [0.1, 0.15) is 26.4 Å². The summed E-state index contributed by atoms with van der Waals surface area (Å²) in [6.07, 6.45) is 0. The highest BCUT2D eigenvalue weighted by atomic mass is 32.1. The van der Waals surface area contributed by atoms with Gasteiger partial charge in [0.05, 0.1) is 4.88 Å². The normalized spacial score (nSPS) is 10.8. The molecule has 0 N–H and O–H groups in total. The van der Waals surface area contributed by atoms with E-state index in [0.717, 1.165) is 26.1 Å². The molecule has 94 valence electrons. The molecule has 0 fully saturated rings. The van der Waals surface area contributed by atoms with E-state index in [9.17, 15) is 4.79 Å². The van der Waals surface area contributed by atoms with Crippen LogP contribution in [0.4, 0.5) is 0 Å². The molecule has 3 rings (SSSR count). The Balaban J connectivity index is 2.08. The van der Waals surface area contributed by atoms with E-state index in [1.807, 2.05) is 50.2 Å². The molecule has 1 heterocycles. The van der Waals surface area contributed by atoms with Gasteiger partial charge in [0.2, 0.25) is 5.78 Å². The molecule has 0 aliphatic rings. The molecule has 0 unspecified atom stereocenters. The molecule has 0 aliphatic carbocycles. The van der Waals surface area contributed by atoms with Gasteiger partial charge in [0.15, 0.2) is 0 Å². The Kier molecular flexibility index (Phi) is 2.96. The van der Waals surface area contributed by atoms with Crippen molar-refractivity contribution < 1.29 is 4.79 Å². The number of benzene rings is 2. The van der Waals surface area contributed by atoms with Crippen molar-refractivity contribution in [2.45, 2.75) is 13.8 Å². The molecule has 0 radical (unpaired) electrons. The van der Waals surface area contributed by atoms with Crippen LogP contribution in [0.3, 0.4) is 0 Å². The number of thiophene rings is 1. The molecule has 0 saturated heterocycles. The van der Waals surface area contributed by atoms with Crippen LogP contribution < -0.4 is 0 Å². The Morgan fingerprint density at radius 1 is 1.00 bits per heavy atom. The number of ketones is 1. The predicted molar refractivity (Wildman–Crippen MR) is 81.2 cm³/mol. The van der Waals surface area contributed by atoms with Gasteiger partial charge in [-0.1, -0.05) is 42.0 Å². The average molecular weight is 266 g/mol. The van der Waals surface area contributed by atoms with Gasteiger partial charge in [0.25, 0.3) is 0 Å². The maximum atomic E-state index is 12.6. The van der Waals surface area contributed by atoms with E-state index in [1.54, 1.807) is 11.3 Å². The molecule has 0 amide bonds. The fourth-order valence-electron chi connectivity index (χ4n) is 2.29. The second-order valence-electron chi connectivity index (χ2n) is 4.80. The van der Waals surface area contributed by atoms with E-state index >= 15 is 0 Å². The fraction of sp³-hybridized carbons (Fsp3) is 0.118. The zero-order valence-corrected chi connectivity index (χ0v) is 11.8. The minimum absolute atomic E-state index is 0.124. The Bertz CT molecular complexity index is 735. The third-order valence-electron chi connectivity index (χ3n) is 3.28. The van der Waals surface area contributed by atoms with Crippen LogP contribution in [0.25, 0.3) is 10.1 Å². The van der Waals surface area contributed by atoms with Crippen molar-refractivity contribution in [3.8, 4) is 0 Å². The Morgan fingerprint density at radius 3 is 2.53 bits per heavy atom. The van der Waals surface area contributed by atoms with Gasteiger partial charge in [-0.15, -0.1) is 11.3 Å². The molecule has 2 heteroatoms. The molecule has 1 nitrogen and oxygen atoms in total. The molecule has 3 aromatic rings. The van der Waals surface area contributed by atoms with E-state index in [1.165, 1.54) is 5.56 Å². The summed E-state index contributed by atoms with van der Waals surface area (Å²) >= 11 is 1.56. The van der Waals surface area contributed by atoms with Crippen molar-refractivity contribution >= 4 is 27.2 Å². The summed E-state index contributed by atoms with van der Waals surface area (Å²) in [6, 6.07) is 16.1. The van der Waals surface area contributed by atoms with Crippen molar-refractivity contribution in [1.82, 2.24) is 0 Å². The average Bonchev–Trinajstić information content (AvgIpc) is 2.81. The van der Waals surface area contributed by atoms with E-state index < -0.39 is 0 Å². The SMILES string of the molecule is Cc1ccc(C(=O)c2cc3ccccc3s2)c(C)c1. The summed E-state index contributed by atoms with van der Waals surface area (Å²) in [5.41, 5.74) is 3.03. The van der Waals surface area contributed by atoms with Gasteiger partial charge in [0, 0.05) is 10.3 Å². The summed E-state index contributed by atoms with van der Waals surface area (Å²) < 4.78 is 1.16. The number of carbonyl (C=O) groups is 1. The highest BCUT2D eigenvalue weighted by Crippen LogP contribution is 2.28. The maximum Gasteiger partial charge on any atom is 0.203 e. The van der Waals surface area contributed by atoms with Gasteiger partial charge in [-0.3, -0.25) is 4.79 Å². The van der Waals surface area contributed by atoms with Crippen molar-refractivity contribution in [1.29, 1.82) is 0 Å². The van der Waals surface area contributed by atoms with Gasteiger partial charge < -0.3 is 0 Å². The van der Waals surface area contributed by atoms with Crippen molar-refractivity contribution in [2.24, 2.45) is 0 Å². The van der Waals surface area contributed by atoms with E-state index in [0.29, 0.717) is 0 Å². The second-order valence-corrected chi connectivity index (χ2v) is 5.88. The van der Waals surface area contributed by atoms with Gasteiger partial charge in [0.1, 0.15) is 0 Å². The monoisotopic (exact) mass is 266 g/mol. The van der Waals surface area contributed by atoms with Gasteiger partial charge >= 0.3 is 0 Å². The van der Waals surface area contributed by atoms with Crippen LogP contribution in [-0.4, -0.2) is 5.78 Å². The van der Waals surface area contributed by atoms with Crippen molar-refractivity contribution in [3.05, 3.63) is 70.1 Å². The number of fused-ring (bicyclic) bond motifs is 1. The summed E-state index contributed by atoms with van der Waals surface area (Å²) in [5.74, 6) is 0.124. The van der Waals surface area contributed by atoms with E-state index in [-0.39, 0.29) is 5.78 Å². The molecule has 0 saturated carbocycles. The van der Waals surface area contributed by atoms with Crippen molar-refractivity contribution in [2.75, 3.05) is 0 Å². The summed E-state index contributed by atoms with van der Waals surface area (Å²) in [4.78, 5) is 13.4. The molecule has 1 aromatic heterocycles. The number of hydrogen-bond donors (Lipinski definition) is 0. The number of carbonyl (C=O) groups excluding carboxylic acids is 1. The molecule has 19 heavy (non-hydrogen) atoms. The molecule has 0 bridgehead atoms. The first-order chi connectivity index (χ1) is 9.15. The summed E-state index contributed by atoms with van der Waals surface area (Å²) in [6.45, 7) is 4.04. The lowest BCUT2D eigenvalue weighted by atomic mass is 10.0. The maximum absolute atomic E-state index is 12.6. The van der Waals surface area contributed by atoms with Gasteiger partial charge in [-0.2, -0.15) is 0 Å². The first kappa shape index (κ1) is 12.1. The third kappa shape index (κ3) is 2.20. The second kappa shape index (κ2) is 4.63. The number of hydrogen-bond acceptors (Lipinski definition) is 2. The lowest BCUT2D eigenvalue weighted by Gasteiger charge is -2.04. The molecule has 0 aliphatic heterocycles. The standard InChI is InChI=1S/C17H14OS/c1-11-7-8-14(12(2)9-11)17(18)16-10-13-5-3-4-6-15(13)19-16/h3-10H,1-2H3. The smallest absolute Gasteiger partial charge is 0.203 e. The van der Waals surface area contributed by atoms with E-state index in [4.69, 9.17) is 0 Å². The fourth-order valence-corrected chi connectivity index (χ4v) is 3.31. The van der Waals surface area contributed by atoms with Crippen LogP contribution in [0.2, 0.25) is 0 Å². The number of aryl methyl sites for hydroxylation is 2. The highest BCUT2D eigenvalue weighted by molar-refractivity contribution is 7.21. The third-order valence-corrected chi connectivity index (χ3v) is 4.39. The zero-order valence-electron chi connectivity index (χ0n) is 10.9. The quantitative estimate of drug-likeness (QED) is 0.612. The van der Waals surface area contributed by atoms with Crippen LogP contribution in [0, 0.1) is 13.8 Å². The minimum Gasteiger partial charge on any atom is -0.288 e. The van der Waals surface area contributed by atoms with Crippen molar-refractivity contribution in [3.63, 3.8) is 0 Å². The first-order valence-electron chi connectivity index (χ1n) is 6.26. The minimum atomic E-state index is 0.124. The van der Waals surface area contributed by atoms with Crippen LogP contribution in [0.15, 0.2) is 48.5 Å². The first-order valence-corrected chi connectivity index (χ1v) is 7.07. The molecule has 2 aromatic carbocycles. The van der Waals surface area contributed by atoms with Crippen LogP contribution in [0.5, 0.6) is 0 Å². The van der Waals surface area contributed by atoms with Crippen LogP contribution >= 0.6 is 11.3 Å². The largest absolute Gasteiger partial charge is 0.288 e. The van der Waals surface area contributed by atoms with Crippen LogP contribution in [-0.2, 0) is 0 Å². The van der Waals surface area contributed by atoms with Gasteiger partial charge in [-0.05, 0) is 36.9 Å². The molecule has 0 atom stereocenters. The summed E-state index contributed by atoms with van der Waals surface area (Å²) in [5, 5.41) is 1.14. The zero-order chi connectivity index (χ0) is 13.4. The lowest BCUT2D eigenvalue weighted by molar-refractivity contribution is 0.104. The number of rotatable bonds is 2. The molecular weight excluding hydrogens is 252 g/mol. The molecule has 0 spiro atoms. The lowest BCUT2D eigenvalue weighted by Crippen LogP contribution is -2.01. The molecular formula is C17H14OS. The highest BCUT2D eigenvalue weighted by Gasteiger charge is 2.14. The van der Waals surface area contributed by atoms with E-state index in [2.05, 4.69) is 12.1 Å². The Labute approximate surface area is 116 Å². The predicted octanol–water partition coefficient (Wildman–Crippen LogP) is 4.75. The topological polar surface area (TPSA) is 17.1 Å². The van der Waals surface area contributed by atoms with Gasteiger partial charge in [-0.25, -0.2) is 0 Å². The Hall–Kier alpha value is -1.93. The Morgan fingerprint density at radius 2 is 1.79 bits per heavy atom.